The Hall–Kier alpha value is -0.0800. The molecule has 0 amide bonds. The van der Waals surface area contributed by atoms with Crippen molar-refractivity contribution < 1.29 is 9.47 Å². The van der Waals surface area contributed by atoms with E-state index in [4.69, 9.17) is 9.47 Å². The predicted octanol–water partition coefficient (Wildman–Crippen LogP) is 7.30. The predicted molar refractivity (Wildman–Crippen MR) is 107 cm³/mol. The molecule has 0 saturated carbocycles. The smallest absolute Gasteiger partial charge is 0.0942 e. The van der Waals surface area contributed by atoms with E-state index in [9.17, 15) is 0 Å². The Kier molecular flexibility index (Phi) is 16.3. The van der Waals surface area contributed by atoms with E-state index in [0.717, 1.165) is 45.3 Å². The monoisotopic (exact) mass is 342 g/mol. The summed E-state index contributed by atoms with van der Waals surface area (Å²) < 4.78 is 12.9. The van der Waals surface area contributed by atoms with Gasteiger partial charge < -0.3 is 9.47 Å². The molecule has 0 aliphatic rings. The lowest BCUT2D eigenvalue weighted by molar-refractivity contribution is -0.158. The summed E-state index contributed by atoms with van der Waals surface area (Å²) in [6.45, 7) is 13.0. The van der Waals surface area contributed by atoms with Crippen LogP contribution in [0, 0.1) is 0 Å². The normalized spacial score (nSPS) is 13.4. The molecule has 0 radical (unpaired) electrons. The Labute approximate surface area is 153 Å². The number of hydrogen-bond donors (Lipinski definition) is 0. The van der Waals surface area contributed by atoms with Gasteiger partial charge in [0.1, 0.15) is 0 Å². The molecule has 0 saturated heterocycles. The van der Waals surface area contributed by atoms with Gasteiger partial charge in [0.2, 0.25) is 0 Å². The first-order valence-corrected chi connectivity index (χ1v) is 11.0. The van der Waals surface area contributed by atoms with Gasteiger partial charge in [-0.1, -0.05) is 86.0 Å². The van der Waals surface area contributed by atoms with Crippen LogP contribution in [0.15, 0.2) is 0 Å². The molecule has 0 spiro atoms. The second kappa shape index (κ2) is 16.4. The number of hydrogen-bond acceptors (Lipinski definition) is 2. The van der Waals surface area contributed by atoms with E-state index in [1.165, 1.54) is 51.4 Å². The van der Waals surface area contributed by atoms with E-state index in [-0.39, 0.29) is 11.7 Å². The highest BCUT2D eigenvalue weighted by Gasteiger charge is 2.38. The maximum Gasteiger partial charge on any atom is 0.0942 e. The first kappa shape index (κ1) is 23.9. The Morgan fingerprint density at radius 3 is 1.75 bits per heavy atom. The van der Waals surface area contributed by atoms with Crippen molar-refractivity contribution in [3.63, 3.8) is 0 Å². The molecule has 0 rings (SSSR count). The van der Waals surface area contributed by atoms with Crippen LogP contribution in [0.5, 0.6) is 0 Å². The van der Waals surface area contributed by atoms with Crippen LogP contribution in [-0.2, 0) is 9.47 Å². The minimum Gasteiger partial charge on any atom is -0.375 e. The molecular weight excluding hydrogens is 296 g/mol. The molecule has 146 valence electrons. The van der Waals surface area contributed by atoms with Crippen molar-refractivity contribution in [3.05, 3.63) is 0 Å². The van der Waals surface area contributed by atoms with Crippen molar-refractivity contribution in [1.82, 2.24) is 0 Å². The summed E-state index contributed by atoms with van der Waals surface area (Å²) >= 11 is 0. The first-order chi connectivity index (χ1) is 11.7. The molecule has 0 heterocycles. The molecule has 0 aromatic carbocycles. The maximum absolute atomic E-state index is 6.49. The zero-order chi connectivity index (χ0) is 18.1. The molecule has 24 heavy (non-hydrogen) atoms. The van der Waals surface area contributed by atoms with Crippen molar-refractivity contribution in [2.75, 3.05) is 13.2 Å². The van der Waals surface area contributed by atoms with E-state index in [2.05, 4.69) is 34.6 Å². The minimum absolute atomic E-state index is 0.0574. The molecule has 0 aliphatic heterocycles. The molecule has 0 aliphatic carbocycles. The second-order valence-electron chi connectivity index (χ2n) is 7.33. The molecule has 0 N–H and O–H groups in total. The Morgan fingerprint density at radius 2 is 1.21 bits per heavy atom. The highest BCUT2D eigenvalue weighted by molar-refractivity contribution is 4.89. The quantitative estimate of drug-likeness (QED) is 0.243. The first-order valence-electron chi connectivity index (χ1n) is 11.0. The van der Waals surface area contributed by atoms with Crippen LogP contribution in [0.4, 0.5) is 0 Å². The van der Waals surface area contributed by atoms with E-state index < -0.39 is 0 Å². The van der Waals surface area contributed by atoms with E-state index in [1.807, 2.05) is 0 Å². The Morgan fingerprint density at radius 1 is 0.625 bits per heavy atom. The van der Waals surface area contributed by atoms with Gasteiger partial charge in [0.05, 0.1) is 11.7 Å². The molecule has 0 aromatic heterocycles. The average molecular weight is 343 g/mol. The van der Waals surface area contributed by atoms with Gasteiger partial charge >= 0.3 is 0 Å². The summed E-state index contributed by atoms with van der Waals surface area (Å²) in [6, 6.07) is 0. The summed E-state index contributed by atoms with van der Waals surface area (Å²) in [5.41, 5.74) is -0.0574. The van der Waals surface area contributed by atoms with Crippen LogP contribution >= 0.6 is 0 Å². The third-order valence-corrected chi connectivity index (χ3v) is 4.87. The van der Waals surface area contributed by atoms with Crippen LogP contribution in [0.25, 0.3) is 0 Å². The van der Waals surface area contributed by atoms with Crippen LogP contribution in [0.2, 0.25) is 0 Å². The maximum atomic E-state index is 6.49. The molecule has 0 aromatic rings. The summed E-state index contributed by atoms with van der Waals surface area (Å²) in [4.78, 5) is 0. The molecule has 0 fully saturated rings. The van der Waals surface area contributed by atoms with Crippen molar-refractivity contribution in [1.29, 1.82) is 0 Å². The lowest BCUT2D eigenvalue weighted by Crippen LogP contribution is -2.47. The summed E-state index contributed by atoms with van der Waals surface area (Å²) in [5, 5.41) is 0. The van der Waals surface area contributed by atoms with Gasteiger partial charge in [-0.2, -0.15) is 0 Å². The fourth-order valence-electron chi connectivity index (χ4n) is 3.70. The van der Waals surface area contributed by atoms with Crippen molar-refractivity contribution in [3.8, 4) is 0 Å². The van der Waals surface area contributed by atoms with Crippen LogP contribution < -0.4 is 0 Å². The molecular formula is C22H46O2. The topological polar surface area (TPSA) is 18.5 Å². The number of unbranched alkanes of at least 4 members (excludes halogenated alkanes) is 5. The third-order valence-electron chi connectivity index (χ3n) is 4.87. The van der Waals surface area contributed by atoms with Crippen LogP contribution in [0.3, 0.4) is 0 Å². The third kappa shape index (κ3) is 10.0. The minimum atomic E-state index is -0.0574. The van der Waals surface area contributed by atoms with Gasteiger partial charge in [0.25, 0.3) is 0 Å². The zero-order valence-electron chi connectivity index (χ0n) is 17.5. The molecule has 2 heteroatoms. The number of ether oxygens (including phenoxy) is 2. The van der Waals surface area contributed by atoms with Gasteiger partial charge in [-0.15, -0.1) is 0 Å². The van der Waals surface area contributed by atoms with Gasteiger partial charge in [0, 0.05) is 13.2 Å². The molecule has 0 bridgehead atoms. The molecule has 1 atom stereocenters. The van der Waals surface area contributed by atoms with E-state index >= 15 is 0 Å². The van der Waals surface area contributed by atoms with Gasteiger partial charge in [0.15, 0.2) is 0 Å². The lowest BCUT2D eigenvalue weighted by Gasteiger charge is -2.41. The Bertz CT molecular complexity index is 246. The van der Waals surface area contributed by atoms with E-state index in [1.54, 1.807) is 0 Å². The largest absolute Gasteiger partial charge is 0.375 e. The van der Waals surface area contributed by atoms with Crippen molar-refractivity contribution >= 4 is 0 Å². The highest BCUT2D eigenvalue weighted by atomic mass is 16.5. The zero-order valence-corrected chi connectivity index (χ0v) is 17.5. The van der Waals surface area contributed by atoms with E-state index in [0.29, 0.717) is 0 Å². The fourth-order valence-corrected chi connectivity index (χ4v) is 3.70. The summed E-state index contributed by atoms with van der Waals surface area (Å²) in [6.07, 6.45) is 16.3. The SMILES string of the molecule is CCCCCCCCC(OCCC)C(CCC)(CCC)OCCC. The average Bonchev–Trinajstić information content (AvgIpc) is 2.58. The second-order valence-corrected chi connectivity index (χ2v) is 7.33. The summed E-state index contributed by atoms with van der Waals surface area (Å²) in [7, 11) is 0. The standard InChI is InChI=1S/C22H46O2/c1-6-11-12-13-14-15-16-21(23-19-9-4)22(17-7-2,18-8-3)24-20-10-5/h21H,6-20H2,1-5H3. The van der Waals surface area contributed by atoms with Gasteiger partial charge in [-0.05, 0) is 32.1 Å². The number of rotatable bonds is 18. The lowest BCUT2D eigenvalue weighted by atomic mass is 9.83. The highest BCUT2D eigenvalue weighted by Crippen LogP contribution is 2.33. The summed E-state index contributed by atoms with van der Waals surface area (Å²) in [5.74, 6) is 0. The molecule has 1 unspecified atom stereocenters. The Balaban J connectivity index is 4.78. The van der Waals surface area contributed by atoms with Crippen LogP contribution in [0.1, 0.15) is 118 Å². The van der Waals surface area contributed by atoms with Gasteiger partial charge in [-0.3, -0.25) is 0 Å². The van der Waals surface area contributed by atoms with Crippen molar-refractivity contribution in [2.45, 2.75) is 130 Å². The fraction of sp³-hybridized carbons (Fsp3) is 1.00. The van der Waals surface area contributed by atoms with Crippen LogP contribution in [-0.4, -0.2) is 24.9 Å². The van der Waals surface area contributed by atoms with Gasteiger partial charge in [-0.25, -0.2) is 0 Å². The van der Waals surface area contributed by atoms with Crippen molar-refractivity contribution in [2.24, 2.45) is 0 Å². The molecule has 2 nitrogen and oxygen atoms in total.